The van der Waals surface area contributed by atoms with Gasteiger partial charge >= 0.3 is 0 Å². The molecule has 0 amide bonds. The minimum atomic E-state index is -0.0169. The zero-order valence-electron chi connectivity index (χ0n) is 8.21. The molecule has 0 aliphatic heterocycles. The smallest absolute Gasteiger partial charge is 0.0938 e. The number of alkyl halides is 1. The Balaban J connectivity index is 2.36. The van der Waals surface area contributed by atoms with Crippen LogP contribution in [-0.2, 0) is 0 Å². The molecule has 0 aliphatic rings. The summed E-state index contributed by atoms with van der Waals surface area (Å²) in [5.74, 6) is 0. The fraction of sp³-hybridized carbons (Fsp3) is 0.167. The Morgan fingerprint density at radius 1 is 1.20 bits per heavy atom. The van der Waals surface area contributed by atoms with Crippen LogP contribution in [0.25, 0.3) is 0 Å². The van der Waals surface area contributed by atoms with E-state index in [0.717, 1.165) is 0 Å². The molecule has 15 heavy (non-hydrogen) atoms. The van der Waals surface area contributed by atoms with Crippen LogP contribution in [0.5, 0.6) is 0 Å². The lowest BCUT2D eigenvalue weighted by Crippen LogP contribution is -1.92. The van der Waals surface area contributed by atoms with E-state index in [2.05, 4.69) is 53.8 Å². The van der Waals surface area contributed by atoms with Crippen LogP contribution in [0.15, 0.2) is 36.4 Å². The second-order valence-electron chi connectivity index (χ2n) is 3.33. The lowest BCUT2D eigenvalue weighted by molar-refractivity contribution is 1.17. The second-order valence-corrected chi connectivity index (χ2v) is 6.25. The minimum Gasteiger partial charge on any atom is -0.144 e. The molecule has 1 aromatic carbocycles. The molecule has 2 aromatic rings. The van der Waals surface area contributed by atoms with Crippen molar-refractivity contribution in [3.05, 3.63) is 55.3 Å². The molecule has 78 valence electrons. The molecule has 0 radical (unpaired) electrons. The van der Waals surface area contributed by atoms with E-state index in [9.17, 15) is 0 Å². The van der Waals surface area contributed by atoms with Crippen LogP contribution in [0, 0.1) is 10.5 Å². The van der Waals surface area contributed by atoms with Gasteiger partial charge in [0.15, 0.2) is 0 Å². The second kappa shape index (κ2) is 4.85. The van der Waals surface area contributed by atoms with Crippen LogP contribution in [0.1, 0.15) is 20.7 Å². The molecule has 0 fully saturated rings. The van der Waals surface area contributed by atoms with Gasteiger partial charge in [0.1, 0.15) is 0 Å². The number of thiophene rings is 1. The fourth-order valence-electron chi connectivity index (χ4n) is 1.42. The standard InChI is InChI=1S/C12H10ClIS/c1-8-6-7-11(15-8)12(13)9-4-2-3-5-10(9)14/h2-7,12H,1H3. The van der Waals surface area contributed by atoms with Crippen molar-refractivity contribution in [3.63, 3.8) is 0 Å². The molecule has 0 nitrogen and oxygen atoms in total. The molecule has 0 spiro atoms. The maximum absolute atomic E-state index is 6.46. The molecule has 1 heterocycles. The first-order valence-electron chi connectivity index (χ1n) is 4.63. The molecule has 3 heteroatoms. The first kappa shape index (κ1) is 11.4. The Kier molecular flexibility index (Phi) is 3.69. The first-order chi connectivity index (χ1) is 7.18. The summed E-state index contributed by atoms with van der Waals surface area (Å²) in [5.41, 5.74) is 1.20. The lowest BCUT2D eigenvalue weighted by Gasteiger charge is -2.09. The quantitative estimate of drug-likeness (QED) is 0.530. The van der Waals surface area contributed by atoms with Crippen LogP contribution in [0.2, 0.25) is 0 Å². The summed E-state index contributed by atoms with van der Waals surface area (Å²) >= 11 is 10.5. The van der Waals surface area contributed by atoms with Crippen molar-refractivity contribution in [2.24, 2.45) is 0 Å². The summed E-state index contributed by atoms with van der Waals surface area (Å²) in [6.07, 6.45) is 0. The molecule has 0 N–H and O–H groups in total. The lowest BCUT2D eigenvalue weighted by atomic mass is 10.1. The summed E-state index contributed by atoms with van der Waals surface area (Å²) in [6.45, 7) is 2.10. The Morgan fingerprint density at radius 3 is 2.53 bits per heavy atom. The van der Waals surface area contributed by atoms with E-state index < -0.39 is 0 Å². The number of hydrogen-bond donors (Lipinski definition) is 0. The Labute approximate surface area is 112 Å². The summed E-state index contributed by atoms with van der Waals surface area (Å²) < 4.78 is 1.22. The van der Waals surface area contributed by atoms with E-state index in [1.165, 1.54) is 18.9 Å². The Morgan fingerprint density at radius 2 is 1.93 bits per heavy atom. The zero-order chi connectivity index (χ0) is 10.8. The van der Waals surface area contributed by atoms with Gasteiger partial charge in [0, 0.05) is 13.3 Å². The predicted molar refractivity (Wildman–Crippen MR) is 75.9 cm³/mol. The van der Waals surface area contributed by atoms with Gasteiger partial charge in [0.05, 0.1) is 5.38 Å². The molecular weight excluding hydrogens is 339 g/mol. The van der Waals surface area contributed by atoms with Gasteiger partial charge in [-0.1, -0.05) is 18.2 Å². The maximum atomic E-state index is 6.46. The molecule has 0 aliphatic carbocycles. The average Bonchev–Trinajstić information content (AvgIpc) is 2.65. The third kappa shape index (κ3) is 2.55. The highest BCUT2D eigenvalue weighted by molar-refractivity contribution is 14.1. The number of benzene rings is 1. The third-order valence-corrected chi connectivity index (χ3v) is 4.84. The molecule has 1 atom stereocenters. The SMILES string of the molecule is Cc1ccc(C(Cl)c2ccccc2I)s1. The number of aryl methyl sites for hydroxylation is 1. The van der Waals surface area contributed by atoms with Crippen LogP contribution in [0.4, 0.5) is 0 Å². The van der Waals surface area contributed by atoms with Gasteiger partial charge in [-0.25, -0.2) is 0 Å². The van der Waals surface area contributed by atoms with Crippen molar-refractivity contribution >= 4 is 45.5 Å². The van der Waals surface area contributed by atoms with Crippen molar-refractivity contribution in [3.8, 4) is 0 Å². The molecular formula is C12H10ClIS. The molecule has 0 saturated heterocycles. The van der Waals surface area contributed by atoms with Gasteiger partial charge in [-0.15, -0.1) is 22.9 Å². The van der Waals surface area contributed by atoms with E-state index in [4.69, 9.17) is 11.6 Å². The normalized spacial score (nSPS) is 12.7. The monoisotopic (exact) mass is 348 g/mol. The summed E-state index contributed by atoms with van der Waals surface area (Å²) in [6, 6.07) is 12.5. The molecule has 0 saturated carbocycles. The first-order valence-corrected chi connectivity index (χ1v) is 6.96. The van der Waals surface area contributed by atoms with Crippen LogP contribution in [0.3, 0.4) is 0 Å². The number of rotatable bonds is 2. The van der Waals surface area contributed by atoms with Crippen molar-refractivity contribution in [1.29, 1.82) is 0 Å². The van der Waals surface area contributed by atoms with Gasteiger partial charge in [-0.05, 0) is 53.3 Å². The number of halogens is 2. The van der Waals surface area contributed by atoms with Crippen LogP contribution < -0.4 is 0 Å². The van der Waals surface area contributed by atoms with Crippen LogP contribution >= 0.6 is 45.5 Å². The van der Waals surface area contributed by atoms with Gasteiger partial charge in [-0.3, -0.25) is 0 Å². The average molecular weight is 349 g/mol. The molecule has 1 unspecified atom stereocenters. The molecule has 1 aromatic heterocycles. The zero-order valence-corrected chi connectivity index (χ0v) is 11.9. The van der Waals surface area contributed by atoms with Gasteiger partial charge < -0.3 is 0 Å². The maximum Gasteiger partial charge on any atom is 0.0938 e. The molecule has 0 bridgehead atoms. The van der Waals surface area contributed by atoms with Crippen LogP contribution in [-0.4, -0.2) is 0 Å². The number of hydrogen-bond acceptors (Lipinski definition) is 1. The van der Waals surface area contributed by atoms with E-state index in [0.29, 0.717) is 0 Å². The molecule has 2 rings (SSSR count). The van der Waals surface area contributed by atoms with E-state index >= 15 is 0 Å². The van der Waals surface area contributed by atoms with Crippen molar-refractivity contribution < 1.29 is 0 Å². The van der Waals surface area contributed by atoms with Crippen molar-refractivity contribution in [1.82, 2.24) is 0 Å². The van der Waals surface area contributed by atoms with Gasteiger partial charge in [0.2, 0.25) is 0 Å². The van der Waals surface area contributed by atoms with E-state index in [1.54, 1.807) is 11.3 Å². The predicted octanol–water partition coefficient (Wildman–Crippen LogP) is 4.99. The van der Waals surface area contributed by atoms with Gasteiger partial charge in [0.25, 0.3) is 0 Å². The summed E-state index contributed by atoms with van der Waals surface area (Å²) in [4.78, 5) is 2.53. The minimum absolute atomic E-state index is 0.0169. The van der Waals surface area contributed by atoms with E-state index in [-0.39, 0.29) is 5.38 Å². The highest BCUT2D eigenvalue weighted by Gasteiger charge is 2.14. The third-order valence-electron chi connectivity index (χ3n) is 2.19. The fourth-order valence-corrected chi connectivity index (χ4v) is 3.58. The summed E-state index contributed by atoms with van der Waals surface area (Å²) in [5, 5.41) is -0.0169. The largest absolute Gasteiger partial charge is 0.144 e. The van der Waals surface area contributed by atoms with E-state index in [1.807, 2.05) is 12.1 Å². The Hall–Kier alpha value is -0.0600. The Bertz CT molecular complexity index is 464. The van der Waals surface area contributed by atoms with Gasteiger partial charge in [-0.2, -0.15) is 0 Å². The highest BCUT2D eigenvalue weighted by Crippen LogP contribution is 2.35. The highest BCUT2D eigenvalue weighted by atomic mass is 127. The topological polar surface area (TPSA) is 0 Å². The van der Waals surface area contributed by atoms with Crippen molar-refractivity contribution in [2.45, 2.75) is 12.3 Å². The summed E-state index contributed by atoms with van der Waals surface area (Å²) in [7, 11) is 0. The van der Waals surface area contributed by atoms with Crippen molar-refractivity contribution in [2.75, 3.05) is 0 Å².